The third kappa shape index (κ3) is 2.78. The second-order valence-electron chi connectivity index (χ2n) is 3.44. The van der Waals surface area contributed by atoms with E-state index in [-0.39, 0.29) is 17.2 Å². The molecule has 10 heteroatoms. The largest absolute Gasteiger partial charge is 0.434 e. The smallest absolute Gasteiger partial charge is 0.365 e. The van der Waals surface area contributed by atoms with E-state index in [1.165, 1.54) is 0 Å². The number of hydrogen-bond donors (Lipinski definition) is 3. The highest BCUT2D eigenvalue weighted by molar-refractivity contribution is 5.97. The van der Waals surface area contributed by atoms with Crippen LogP contribution in [0.4, 0.5) is 24.8 Å². The molecular formula is C9H7F3N6O. The van der Waals surface area contributed by atoms with Crippen molar-refractivity contribution in [2.45, 2.75) is 6.18 Å². The van der Waals surface area contributed by atoms with Crippen LogP contribution in [0.1, 0.15) is 16.1 Å². The summed E-state index contributed by atoms with van der Waals surface area (Å²) in [7, 11) is 0. The van der Waals surface area contributed by atoms with Gasteiger partial charge in [0.15, 0.2) is 11.5 Å². The normalized spacial score (nSPS) is 11.3. The Kier molecular flexibility index (Phi) is 3.07. The van der Waals surface area contributed by atoms with E-state index in [4.69, 9.17) is 5.73 Å². The summed E-state index contributed by atoms with van der Waals surface area (Å²) < 4.78 is 37.3. The van der Waals surface area contributed by atoms with Crippen LogP contribution in [0.3, 0.4) is 0 Å². The molecule has 0 aromatic carbocycles. The highest BCUT2D eigenvalue weighted by Gasteiger charge is 2.33. The zero-order valence-electron chi connectivity index (χ0n) is 9.19. The van der Waals surface area contributed by atoms with Crippen molar-refractivity contribution in [3.63, 3.8) is 0 Å². The lowest BCUT2D eigenvalue weighted by Crippen LogP contribution is -2.13. The van der Waals surface area contributed by atoms with E-state index < -0.39 is 17.8 Å². The molecule has 2 aromatic heterocycles. The minimum atomic E-state index is -4.61. The van der Waals surface area contributed by atoms with E-state index in [0.717, 1.165) is 12.4 Å². The van der Waals surface area contributed by atoms with Crippen LogP contribution in [0.15, 0.2) is 18.6 Å². The first kappa shape index (κ1) is 12.8. The highest BCUT2D eigenvalue weighted by atomic mass is 19.4. The molecule has 0 spiro atoms. The number of amides is 1. The van der Waals surface area contributed by atoms with Crippen LogP contribution in [-0.2, 0) is 6.18 Å². The van der Waals surface area contributed by atoms with E-state index in [1.54, 1.807) is 0 Å². The summed E-state index contributed by atoms with van der Waals surface area (Å²) in [6, 6.07) is 0. The molecule has 0 saturated carbocycles. The summed E-state index contributed by atoms with van der Waals surface area (Å²) in [5.41, 5.74) is 3.90. The standard InChI is InChI=1S/C9H7F3N6O/c10-9(11,12)5-2-14-3-6(16-5)17-8-4(7(13)19)1-15-18-8/h1-3H,(H2,13,19)(H2,15,16,17,18). The van der Waals surface area contributed by atoms with Crippen LogP contribution in [0.25, 0.3) is 0 Å². The van der Waals surface area contributed by atoms with Crippen molar-refractivity contribution in [1.29, 1.82) is 0 Å². The number of carbonyl (C=O) groups excluding carboxylic acids is 1. The van der Waals surface area contributed by atoms with Gasteiger partial charge in [-0.3, -0.25) is 14.9 Å². The predicted octanol–water partition coefficient (Wildman–Crippen LogP) is 1.06. The molecule has 4 N–H and O–H groups in total. The van der Waals surface area contributed by atoms with Crippen molar-refractivity contribution in [3.05, 3.63) is 29.8 Å². The Balaban J connectivity index is 2.29. The molecule has 0 aliphatic rings. The van der Waals surface area contributed by atoms with Gasteiger partial charge in [0.05, 0.1) is 18.6 Å². The number of nitrogens with two attached hydrogens (primary N) is 1. The van der Waals surface area contributed by atoms with E-state index in [2.05, 4.69) is 25.5 Å². The van der Waals surface area contributed by atoms with Crippen molar-refractivity contribution in [2.75, 3.05) is 5.32 Å². The summed E-state index contributed by atoms with van der Waals surface area (Å²) in [6.45, 7) is 0. The van der Waals surface area contributed by atoms with Gasteiger partial charge in [-0.25, -0.2) is 4.98 Å². The van der Waals surface area contributed by atoms with Crippen LogP contribution >= 0.6 is 0 Å². The topological polar surface area (TPSA) is 110 Å². The lowest BCUT2D eigenvalue weighted by Gasteiger charge is -2.08. The van der Waals surface area contributed by atoms with Crippen molar-refractivity contribution in [3.8, 4) is 0 Å². The molecule has 0 radical (unpaired) electrons. The fourth-order valence-corrected chi connectivity index (χ4v) is 1.26. The first-order valence-electron chi connectivity index (χ1n) is 4.87. The summed E-state index contributed by atoms with van der Waals surface area (Å²) in [6.07, 6.45) is -1.80. The fraction of sp³-hybridized carbons (Fsp3) is 0.111. The second kappa shape index (κ2) is 4.55. The third-order valence-corrected chi connectivity index (χ3v) is 2.08. The number of aromatic amines is 1. The zero-order valence-corrected chi connectivity index (χ0v) is 9.19. The molecule has 0 atom stereocenters. The highest BCUT2D eigenvalue weighted by Crippen LogP contribution is 2.28. The van der Waals surface area contributed by atoms with Crippen molar-refractivity contribution in [2.24, 2.45) is 5.73 Å². The molecule has 0 bridgehead atoms. The SMILES string of the molecule is NC(=O)c1cn[nH]c1Nc1cncc(C(F)(F)F)n1. The van der Waals surface area contributed by atoms with E-state index in [0.29, 0.717) is 6.20 Å². The number of H-pyrrole nitrogens is 1. The molecule has 2 heterocycles. The molecule has 0 saturated heterocycles. The van der Waals surface area contributed by atoms with Crippen LogP contribution < -0.4 is 11.1 Å². The van der Waals surface area contributed by atoms with Gasteiger partial charge in [-0.15, -0.1) is 0 Å². The average Bonchev–Trinajstić information content (AvgIpc) is 2.76. The monoisotopic (exact) mass is 272 g/mol. The van der Waals surface area contributed by atoms with Gasteiger partial charge in [0.2, 0.25) is 0 Å². The average molecular weight is 272 g/mol. The zero-order chi connectivity index (χ0) is 14.0. The van der Waals surface area contributed by atoms with Gasteiger partial charge in [-0.05, 0) is 0 Å². The molecule has 2 aromatic rings. The summed E-state index contributed by atoms with van der Waals surface area (Å²) in [5, 5.41) is 8.39. The molecule has 0 unspecified atom stereocenters. The van der Waals surface area contributed by atoms with Gasteiger partial charge in [0.1, 0.15) is 11.4 Å². The number of alkyl halides is 3. The quantitative estimate of drug-likeness (QED) is 0.774. The van der Waals surface area contributed by atoms with Gasteiger partial charge in [-0.1, -0.05) is 0 Å². The molecule has 0 aliphatic heterocycles. The molecule has 19 heavy (non-hydrogen) atoms. The Bertz CT molecular complexity index is 608. The number of carbonyl (C=O) groups is 1. The van der Waals surface area contributed by atoms with Gasteiger partial charge in [-0.2, -0.15) is 18.3 Å². The van der Waals surface area contributed by atoms with Crippen LogP contribution in [0, 0.1) is 0 Å². The van der Waals surface area contributed by atoms with Crippen LogP contribution in [0.2, 0.25) is 0 Å². The fourth-order valence-electron chi connectivity index (χ4n) is 1.26. The Morgan fingerprint density at radius 3 is 2.68 bits per heavy atom. The maximum atomic E-state index is 12.4. The summed E-state index contributed by atoms with van der Waals surface area (Å²) in [5.74, 6) is -0.932. The van der Waals surface area contributed by atoms with Crippen LogP contribution in [-0.4, -0.2) is 26.1 Å². The van der Waals surface area contributed by atoms with E-state index in [9.17, 15) is 18.0 Å². The van der Waals surface area contributed by atoms with Gasteiger partial charge < -0.3 is 11.1 Å². The van der Waals surface area contributed by atoms with Crippen molar-refractivity contribution >= 4 is 17.5 Å². The number of hydrogen-bond acceptors (Lipinski definition) is 5. The second-order valence-corrected chi connectivity index (χ2v) is 3.44. The van der Waals surface area contributed by atoms with Gasteiger partial charge >= 0.3 is 6.18 Å². The van der Waals surface area contributed by atoms with Crippen molar-refractivity contribution < 1.29 is 18.0 Å². The summed E-state index contributed by atoms with van der Waals surface area (Å²) in [4.78, 5) is 17.7. The molecular weight excluding hydrogens is 265 g/mol. The van der Waals surface area contributed by atoms with Gasteiger partial charge in [0, 0.05) is 0 Å². The third-order valence-electron chi connectivity index (χ3n) is 2.08. The Labute approximate surface area is 104 Å². The predicted molar refractivity (Wildman–Crippen MR) is 57.4 cm³/mol. The Morgan fingerprint density at radius 2 is 2.05 bits per heavy atom. The number of anilines is 2. The number of nitrogens with one attached hydrogen (secondary N) is 2. The first-order chi connectivity index (χ1) is 8.88. The molecule has 0 fully saturated rings. The summed E-state index contributed by atoms with van der Waals surface area (Å²) >= 11 is 0. The maximum absolute atomic E-state index is 12.4. The van der Waals surface area contributed by atoms with Crippen molar-refractivity contribution in [1.82, 2.24) is 20.2 Å². The van der Waals surface area contributed by atoms with E-state index >= 15 is 0 Å². The number of nitrogens with zero attached hydrogens (tertiary/aromatic N) is 3. The van der Waals surface area contributed by atoms with E-state index in [1.807, 2.05) is 0 Å². The lowest BCUT2D eigenvalue weighted by molar-refractivity contribution is -0.141. The molecule has 0 aliphatic carbocycles. The molecule has 100 valence electrons. The van der Waals surface area contributed by atoms with Crippen LogP contribution in [0.5, 0.6) is 0 Å². The minimum Gasteiger partial charge on any atom is -0.365 e. The minimum absolute atomic E-state index is 0.000730. The number of aromatic nitrogens is 4. The number of rotatable bonds is 3. The van der Waals surface area contributed by atoms with Gasteiger partial charge in [0.25, 0.3) is 5.91 Å². The maximum Gasteiger partial charge on any atom is 0.434 e. The first-order valence-corrected chi connectivity index (χ1v) is 4.87. The molecule has 1 amide bonds. The lowest BCUT2D eigenvalue weighted by atomic mass is 10.3. The Morgan fingerprint density at radius 1 is 1.32 bits per heavy atom. The number of halogens is 3. The number of primary amides is 1. The molecule has 2 rings (SSSR count). The molecule has 7 nitrogen and oxygen atoms in total. The Hall–Kier alpha value is -2.65.